The molecule has 1 aliphatic heterocycles. The van der Waals surface area contributed by atoms with Crippen LogP contribution in [0.15, 0.2) is 11.3 Å². The third-order valence-electron chi connectivity index (χ3n) is 2.48. The van der Waals surface area contributed by atoms with Gasteiger partial charge < -0.3 is 4.74 Å². The van der Waals surface area contributed by atoms with Crippen molar-refractivity contribution in [1.29, 1.82) is 0 Å². The summed E-state index contributed by atoms with van der Waals surface area (Å²) < 4.78 is 42.2. The SMILES string of the molecule is CC1=C(C(=O)Nc2nnc(C(F)(F)F)s2)CCCO1. The van der Waals surface area contributed by atoms with Crippen LogP contribution in [0, 0.1) is 0 Å². The second-order valence-corrected chi connectivity index (χ2v) is 4.83. The van der Waals surface area contributed by atoms with E-state index in [1.165, 1.54) is 0 Å². The van der Waals surface area contributed by atoms with Gasteiger partial charge in [0.05, 0.1) is 12.2 Å². The van der Waals surface area contributed by atoms with E-state index < -0.39 is 17.1 Å². The number of amides is 1. The molecule has 1 N–H and O–H groups in total. The maximum atomic E-state index is 12.3. The van der Waals surface area contributed by atoms with Crippen LogP contribution in [0.2, 0.25) is 0 Å². The molecule has 2 rings (SSSR count). The summed E-state index contributed by atoms with van der Waals surface area (Å²) in [6, 6.07) is 0. The lowest BCUT2D eigenvalue weighted by Crippen LogP contribution is -2.19. The summed E-state index contributed by atoms with van der Waals surface area (Å²) in [5, 5.41) is 7.32. The van der Waals surface area contributed by atoms with E-state index in [0.717, 1.165) is 0 Å². The van der Waals surface area contributed by atoms with Crippen molar-refractivity contribution < 1.29 is 22.7 Å². The first-order valence-corrected chi connectivity index (χ1v) is 6.24. The van der Waals surface area contributed by atoms with E-state index in [1.54, 1.807) is 6.92 Å². The predicted octanol–water partition coefficient (Wildman–Crippen LogP) is 2.58. The minimum atomic E-state index is -4.55. The highest BCUT2D eigenvalue weighted by molar-refractivity contribution is 7.15. The number of carbonyl (C=O) groups excluding carboxylic acids is 1. The summed E-state index contributed by atoms with van der Waals surface area (Å²) in [5.74, 6) is -0.00798. The van der Waals surface area contributed by atoms with Gasteiger partial charge in [-0.3, -0.25) is 10.1 Å². The maximum absolute atomic E-state index is 12.3. The number of ether oxygens (including phenoxy) is 1. The van der Waals surface area contributed by atoms with E-state index in [9.17, 15) is 18.0 Å². The largest absolute Gasteiger partial charge is 0.498 e. The molecule has 9 heteroatoms. The molecule has 2 heterocycles. The Labute approximate surface area is 110 Å². The average Bonchev–Trinajstić information content (AvgIpc) is 2.77. The molecule has 5 nitrogen and oxygen atoms in total. The van der Waals surface area contributed by atoms with Crippen molar-refractivity contribution in [1.82, 2.24) is 10.2 Å². The van der Waals surface area contributed by atoms with Gasteiger partial charge in [-0.25, -0.2) is 0 Å². The van der Waals surface area contributed by atoms with Crippen LogP contribution in [0.25, 0.3) is 0 Å². The number of allylic oxidation sites excluding steroid dienone is 1. The summed E-state index contributed by atoms with van der Waals surface area (Å²) in [6.07, 6.45) is -3.32. The molecule has 0 saturated heterocycles. The predicted molar refractivity (Wildman–Crippen MR) is 61.4 cm³/mol. The fraction of sp³-hybridized carbons (Fsp3) is 0.500. The molecule has 1 amide bonds. The van der Waals surface area contributed by atoms with Crippen LogP contribution < -0.4 is 5.32 Å². The number of halogens is 3. The zero-order chi connectivity index (χ0) is 14.0. The van der Waals surface area contributed by atoms with Crippen LogP contribution in [0.3, 0.4) is 0 Å². The van der Waals surface area contributed by atoms with Gasteiger partial charge in [-0.15, -0.1) is 10.2 Å². The maximum Gasteiger partial charge on any atom is 0.445 e. The smallest absolute Gasteiger partial charge is 0.445 e. The summed E-state index contributed by atoms with van der Waals surface area (Å²) in [7, 11) is 0. The van der Waals surface area contributed by atoms with E-state index >= 15 is 0 Å². The minimum Gasteiger partial charge on any atom is -0.498 e. The van der Waals surface area contributed by atoms with Crippen LogP contribution in [0.4, 0.5) is 18.3 Å². The van der Waals surface area contributed by atoms with Gasteiger partial charge in [0.25, 0.3) is 5.91 Å². The zero-order valence-electron chi connectivity index (χ0n) is 9.87. The zero-order valence-corrected chi connectivity index (χ0v) is 10.7. The van der Waals surface area contributed by atoms with Crippen LogP contribution in [0.1, 0.15) is 24.8 Å². The highest BCUT2D eigenvalue weighted by Gasteiger charge is 2.36. The average molecular weight is 293 g/mol. The van der Waals surface area contributed by atoms with Crippen molar-refractivity contribution in [3.63, 3.8) is 0 Å². The number of hydrogen-bond acceptors (Lipinski definition) is 5. The van der Waals surface area contributed by atoms with Crippen molar-refractivity contribution in [2.45, 2.75) is 25.9 Å². The summed E-state index contributed by atoms with van der Waals surface area (Å²) in [5.41, 5.74) is 0.426. The summed E-state index contributed by atoms with van der Waals surface area (Å²) in [4.78, 5) is 11.8. The highest BCUT2D eigenvalue weighted by atomic mass is 32.1. The Hall–Kier alpha value is -1.64. The highest BCUT2D eigenvalue weighted by Crippen LogP contribution is 2.33. The van der Waals surface area contributed by atoms with Crippen molar-refractivity contribution >= 4 is 22.4 Å². The first-order valence-electron chi connectivity index (χ1n) is 5.42. The first kappa shape index (κ1) is 13.8. The van der Waals surface area contributed by atoms with Gasteiger partial charge in [-0.05, 0) is 19.8 Å². The van der Waals surface area contributed by atoms with Gasteiger partial charge in [-0.2, -0.15) is 13.2 Å². The standard InChI is InChI=1S/C10H10F3N3O2S/c1-5-6(3-2-4-18-5)7(17)14-9-16-15-8(19-9)10(11,12)13/h2-4H2,1H3,(H,14,16,17). The number of nitrogens with zero attached hydrogens (tertiary/aromatic N) is 2. The molecule has 0 radical (unpaired) electrons. The number of rotatable bonds is 2. The Kier molecular flexibility index (Phi) is 3.74. The monoisotopic (exact) mass is 293 g/mol. The molecule has 0 bridgehead atoms. The normalized spacial score (nSPS) is 16.2. The molecule has 0 atom stereocenters. The molecular formula is C10H10F3N3O2S. The summed E-state index contributed by atoms with van der Waals surface area (Å²) >= 11 is 0.291. The van der Waals surface area contributed by atoms with Crippen molar-refractivity contribution in [3.8, 4) is 0 Å². The van der Waals surface area contributed by atoms with Crippen LogP contribution >= 0.6 is 11.3 Å². The molecule has 1 aliphatic rings. The van der Waals surface area contributed by atoms with Gasteiger partial charge in [-0.1, -0.05) is 11.3 Å². The lowest BCUT2D eigenvalue weighted by Gasteiger charge is -2.17. The number of hydrogen-bond donors (Lipinski definition) is 1. The second-order valence-electron chi connectivity index (χ2n) is 3.85. The quantitative estimate of drug-likeness (QED) is 0.910. The van der Waals surface area contributed by atoms with E-state index in [4.69, 9.17) is 4.74 Å². The lowest BCUT2D eigenvalue weighted by molar-refractivity contribution is -0.138. The molecule has 0 saturated carbocycles. The van der Waals surface area contributed by atoms with Crippen LogP contribution in [-0.4, -0.2) is 22.7 Å². The number of alkyl halides is 3. The van der Waals surface area contributed by atoms with Gasteiger partial charge >= 0.3 is 6.18 Å². The number of carbonyl (C=O) groups is 1. The molecule has 0 aliphatic carbocycles. The molecule has 0 aromatic carbocycles. The molecular weight excluding hydrogens is 283 g/mol. The van der Waals surface area contributed by atoms with E-state index in [0.29, 0.717) is 42.1 Å². The minimum absolute atomic E-state index is 0.178. The molecule has 0 spiro atoms. The Morgan fingerprint density at radius 3 is 2.74 bits per heavy atom. The Morgan fingerprint density at radius 1 is 1.42 bits per heavy atom. The summed E-state index contributed by atoms with van der Waals surface area (Å²) in [6.45, 7) is 2.19. The molecule has 1 aromatic rings. The molecule has 19 heavy (non-hydrogen) atoms. The fourth-order valence-corrected chi connectivity index (χ4v) is 2.18. The first-order chi connectivity index (χ1) is 8.88. The fourth-order valence-electron chi connectivity index (χ4n) is 1.57. The third kappa shape index (κ3) is 3.22. The van der Waals surface area contributed by atoms with Crippen LogP contribution in [-0.2, 0) is 15.7 Å². The Bertz CT molecular complexity index is 524. The van der Waals surface area contributed by atoms with Crippen LogP contribution in [0.5, 0.6) is 0 Å². The van der Waals surface area contributed by atoms with Gasteiger partial charge in [0, 0.05) is 0 Å². The van der Waals surface area contributed by atoms with Gasteiger partial charge in [0.2, 0.25) is 10.1 Å². The van der Waals surface area contributed by atoms with Gasteiger partial charge in [0.1, 0.15) is 5.76 Å². The van der Waals surface area contributed by atoms with Crippen molar-refractivity contribution in [2.24, 2.45) is 0 Å². The third-order valence-corrected chi connectivity index (χ3v) is 3.36. The molecule has 104 valence electrons. The number of nitrogens with one attached hydrogen (secondary N) is 1. The van der Waals surface area contributed by atoms with Gasteiger partial charge in [0.15, 0.2) is 0 Å². The molecule has 1 aromatic heterocycles. The number of aromatic nitrogens is 2. The Balaban J connectivity index is 2.09. The molecule has 0 unspecified atom stereocenters. The number of anilines is 1. The topological polar surface area (TPSA) is 64.1 Å². The van der Waals surface area contributed by atoms with E-state index in [1.807, 2.05) is 0 Å². The molecule has 0 fully saturated rings. The van der Waals surface area contributed by atoms with Crippen molar-refractivity contribution in [2.75, 3.05) is 11.9 Å². The van der Waals surface area contributed by atoms with E-state index in [2.05, 4.69) is 15.5 Å². The van der Waals surface area contributed by atoms with Crippen molar-refractivity contribution in [3.05, 3.63) is 16.3 Å². The second kappa shape index (κ2) is 5.16. The van der Waals surface area contributed by atoms with E-state index in [-0.39, 0.29) is 5.13 Å². The lowest BCUT2D eigenvalue weighted by atomic mass is 10.1. The Morgan fingerprint density at radius 2 is 2.16 bits per heavy atom.